The highest BCUT2D eigenvalue weighted by molar-refractivity contribution is 7.22. The maximum atomic E-state index is 13.4. The van der Waals surface area contributed by atoms with Crippen LogP contribution in [0.2, 0.25) is 0 Å². The second-order valence-corrected chi connectivity index (χ2v) is 8.07. The molecule has 0 spiro atoms. The fourth-order valence-electron chi connectivity index (χ4n) is 3.16. The first-order valence-electron chi connectivity index (χ1n) is 9.38. The summed E-state index contributed by atoms with van der Waals surface area (Å²) in [7, 11) is 3.98. The van der Waals surface area contributed by atoms with E-state index in [0.717, 1.165) is 23.2 Å². The zero-order chi connectivity index (χ0) is 20.4. The Kier molecular flexibility index (Phi) is 5.42. The van der Waals surface area contributed by atoms with Crippen LogP contribution in [-0.4, -0.2) is 43.0 Å². The van der Waals surface area contributed by atoms with Crippen LogP contribution in [0.4, 0.5) is 5.13 Å². The minimum Gasteiger partial charge on any atom is -0.422 e. The molecule has 0 unspecified atom stereocenters. The smallest absolute Gasteiger partial charge is 0.349 e. The van der Waals surface area contributed by atoms with Crippen LogP contribution in [0.5, 0.6) is 0 Å². The van der Waals surface area contributed by atoms with Gasteiger partial charge in [-0.3, -0.25) is 9.69 Å². The molecule has 0 aliphatic carbocycles. The number of nitrogens with zero attached hydrogens (tertiary/aromatic N) is 3. The molecule has 0 bridgehead atoms. The Morgan fingerprint density at radius 2 is 1.83 bits per heavy atom. The van der Waals surface area contributed by atoms with Crippen molar-refractivity contribution in [1.82, 2.24) is 9.88 Å². The van der Waals surface area contributed by atoms with Gasteiger partial charge >= 0.3 is 5.63 Å². The highest BCUT2D eigenvalue weighted by Crippen LogP contribution is 2.29. The molecule has 7 heteroatoms. The summed E-state index contributed by atoms with van der Waals surface area (Å²) in [5.74, 6) is -0.387. The lowest BCUT2D eigenvalue weighted by Gasteiger charge is -2.20. The van der Waals surface area contributed by atoms with Crippen molar-refractivity contribution in [2.75, 3.05) is 32.1 Å². The molecule has 2 heterocycles. The molecule has 6 nitrogen and oxygen atoms in total. The van der Waals surface area contributed by atoms with Crippen molar-refractivity contribution >= 4 is 43.6 Å². The average Bonchev–Trinajstić information content (AvgIpc) is 3.14. The van der Waals surface area contributed by atoms with Crippen LogP contribution in [0.3, 0.4) is 0 Å². The third-order valence-electron chi connectivity index (χ3n) is 4.62. The van der Waals surface area contributed by atoms with Gasteiger partial charge in [0, 0.05) is 11.9 Å². The maximum absolute atomic E-state index is 13.4. The molecule has 0 aliphatic heterocycles. The first-order chi connectivity index (χ1) is 14.0. The zero-order valence-electron chi connectivity index (χ0n) is 16.3. The predicted molar refractivity (Wildman–Crippen MR) is 117 cm³/mol. The van der Waals surface area contributed by atoms with Crippen LogP contribution in [0.25, 0.3) is 21.2 Å². The van der Waals surface area contributed by atoms with Gasteiger partial charge in [0.05, 0.1) is 10.2 Å². The third-order valence-corrected chi connectivity index (χ3v) is 5.68. The fraction of sp³-hybridized carbons (Fsp3) is 0.227. The van der Waals surface area contributed by atoms with E-state index < -0.39 is 5.63 Å². The van der Waals surface area contributed by atoms with E-state index in [1.165, 1.54) is 11.3 Å². The second kappa shape index (κ2) is 8.14. The van der Waals surface area contributed by atoms with Crippen molar-refractivity contribution in [3.05, 3.63) is 70.6 Å². The van der Waals surface area contributed by atoms with Crippen LogP contribution in [0.1, 0.15) is 16.8 Å². The second-order valence-electron chi connectivity index (χ2n) is 7.06. The molecular weight excluding hydrogens is 386 g/mol. The van der Waals surface area contributed by atoms with E-state index in [0.29, 0.717) is 22.6 Å². The molecule has 148 valence electrons. The van der Waals surface area contributed by atoms with Gasteiger partial charge < -0.3 is 9.32 Å². The van der Waals surface area contributed by atoms with Crippen LogP contribution >= 0.6 is 11.3 Å². The molecule has 0 saturated carbocycles. The number of carbonyl (C=O) groups is 1. The largest absolute Gasteiger partial charge is 0.422 e. The lowest BCUT2D eigenvalue weighted by Crippen LogP contribution is -2.36. The molecule has 4 rings (SSSR count). The van der Waals surface area contributed by atoms with Gasteiger partial charge in [0.25, 0.3) is 5.91 Å². The van der Waals surface area contributed by atoms with Gasteiger partial charge in [-0.1, -0.05) is 41.7 Å². The Balaban J connectivity index is 1.74. The SMILES string of the molecule is CN(C)CCCN(C(=O)c1cc2ccccc2oc1=O)c1nc2ccccc2s1. The molecule has 4 aromatic rings. The number of para-hydroxylation sites is 2. The molecule has 0 radical (unpaired) electrons. The Hall–Kier alpha value is -3.03. The number of fused-ring (bicyclic) bond motifs is 2. The van der Waals surface area contributed by atoms with Gasteiger partial charge in [0.15, 0.2) is 5.13 Å². The molecular formula is C22H21N3O3S. The van der Waals surface area contributed by atoms with E-state index in [4.69, 9.17) is 4.42 Å². The summed E-state index contributed by atoms with van der Waals surface area (Å²) in [5, 5.41) is 1.30. The average molecular weight is 407 g/mol. The first kappa shape index (κ1) is 19.3. The first-order valence-corrected chi connectivity index (χ1v) is 10.2. The minimum atomic E-state index is -0.632. The Morgan fingerprint density at radius 3 is 2.62 bits per heavy atom. The molecule has 0 atom stereocenters. The standard InChI is InChI=1S/C22H21N3O3S/c1-24(2)12-7-13-25(22-23-17-9-4-6-11-19(17)29-22)20(26)16-14-15-8-3-5-10-18(15)28-21(16)27/h3-6,8-11,14H,7,12-13H2,1-2H3. The number of benzene rings is 2. The topological polar surface area (TPSA) is 66.7 Å². The molecule has 0 aliphatic rings. The summed E-state index contributed by atoms with van der Waals surface area (Å²) in [6.45, 7) is 1.28. The number of hydrogen-bond acceptors (Lipinski definition) is 6. The number of hydrogen-bond donors (Lipinski definition) is 0. The van der Waals surface area contributed by atoms with Gasteiger partial charge in [0.1, 0.15) is 11.1 Å². The molecule has 1 amide bonds. The van der Waals surface area contributed by atoms with Crippen molar-refractivity contribution in [1.29, 1.82) is 0 Å². The number of rotatable bonds is 6. The highest BCUT2D eigenvalue weighted by Gasteiger charge is 2.24. The third kappa shape index (κ3) is 4.06. The van der Waals surface area contributed by atoms with E-state index in [1.807, 2.05) is 50.5 Å². The van der Waals surface area contributed by atoms with Gasteiger partial charge in [-0.25, -0.2) is 9.78 Å². The number of thiazole rings is 1. The summed E-state index contributed by atoms with van der Waals surface area (Å²) in [5.41, 5.74) is 0.692. The van der Waals surface area contributed by atoms with E-state index in [9.17, 15) is 9.59 Å². The molecule has 29 heavy (non-hydrogen) atoms. The van der Waals surface area contributed by atoms with E-state index in [2.05, 4.69) is 9.88 Å². The number of amides is 1. The van der Waals surface area contributed by atoms with Crippen molar-refractivity contribution in [2.45, 2.75) is 6.42 Å². The Morgan fingerprint density at radius 1 is 1.07 bits per heavy atom. The van der Waals surface area contributed by atoms with E-state index in [-0.39, 0.29) is 11.5 Å². The van der Waals surface area contributed by atoms with Crippen molar-refractivity contribution < 1.29 is 9.21 Å². The summed E-state index contributed by atoms with van der Waals surface area (Å²) >= 11 is 1.44. The van der Waals surface area contributed by atoms with E-state index >= 15 is 0 Å². The molecule has 0 saturated heterocycles. The van der Waals surface area contributed by atoms with Gasteiger partial charge in [0.2, 0.25) is 0 Å². The monoisotopic (exact) mass is 407 g/mol. The quantitative estimate of drug-likeness (QED) is 0.452. The van der Waals surface area contributed by atoms with Crippen molar-refractivity contribution in [2.24, 2.45) is 0 Å². The van der Waals surface area contributed by atoms with Crippen LogP contribution in [0, 0.1) is 0 Å². The normalized spacial score (nSPS) is 11.4. The Bertz CT molecular complexity index is 1200. The van der Waals surface area contributed by atoms with Crippen molar-refractivity contribution in [3.8, 4) is 0 Å². The van der Waals surface area contributed by atoms with Crippen LogP contribution in [0.15, 0.2) is 63.8 Å². The lowest BCUT2D eigenvalue weighted by atomic mass is 10.1. The zero-order valence-corrected chi connectivity index (χ0v) is 17.1. The molecule has 0 N–H and O–H groups in total. The van der Waals surface area contributed by atoms with E-state index in [1.54, 1.807) is 23.1 Å². The fourth-order valence-corrected chi connectivity index (χ4v) is 4.15. The molecule has 2 aromatic heterocycles. The van der Waals surface area contributed by atoms with Crippen LogP contribution in [-0.2, 0) is 0 Å². The van der Waals surface area contributed by atoms with Gasteiger partial charge in [-0.15, -0.1) is 0 Å². The minimum absolute atomic E-state index is 0.0211. The maximum Gasteiger partial charge on any atom is 0.349 e. The summed E-state index contributed by atoms with van der Waals surface area (Å²) in [6, 6.07) is 16.5. The number of anilines is 1. The van der Waals surface area contributed by atoms with Gasteiger partial charge in [-0.2, -0.15) is 0 Å². The lowest BCUT2D eigenvalue weighted by molar-refractivity contribution is 0.0982. The number of carbonyl (C=O) groups excluding carboxylic acids is 1. The predicted octanol–water partition coefficient (Wildman–Crippen LogP) is 4.00. The number of aromatic nitrogens is 1. The van der Waals surface area contributed by atoms with Gasteiger partial charge in [-0.05, 0) is 51.3 Å². The molecule has 0 fully saturated rings. The molecule has 2 aromatic carbocycles. The van der Waals surface area contributed by atoms with Crippen LogP contribution < -0.4 is 10.5 Å². The Labute approximate surface area is 172 Å². The highest BCUT2D eigenvalue weighted by atomic mass is 32.1. The van der Waals surface area contributed by atoms with Crippen molar-refractivity contribution in [3.63, 3.8) is 0 Å². The summed E-state index contributed by atoms with van der Waals surface area (Å²) < 4.78 is 6.37. The summed E-state index contributed by atoms with van der Waals surface area (Å²) in [6.07, 6.45) is 0.758. The summed E-state index contributed by atoms with van der Waals surface area (Å²) in [4.78, 5) is 34.2.